The minimum absolute atomic E-state index is 0.0976. The van der Waals surface area contributed by atoms with Gasteiger partial charge in [0.1, 0.15) is 5.82 Å². The maximum absolute atomic E-state index is 14.1. The fraction of sp³-hybridized carbons (Fsp3) is 0.474. The molecule has 7 nitrogen and oxygen atoms in total. The summed E-state index contributed by atoms with van der Waals surface area (Å²) in [5.41, 5.74) is -0.274. The molecule has 27 heavy (non-hydrogen) atoms. The summed E-state index contributed by atoms with van der Waals surface area (Å²) in [7, 11) is 0. The molecule has 1 aromatic carbocycles. The summed E-state index contributed by atoms with van der Waals surface area (Å²) in [6.45, 7) is 3.08. The minimum Gasteiger partial charge on any atom is -0.478 e. The Morgan fingerprint density at radius 2 is 2.07 bits per heavy atom. The molecule has 0 unspecified atom stereocenters. The number of carboxylic acid groups (broad SMARTS) is 1. The molecule has 1 fully saturated rings. The molecular formula is C19H22FN3O4. The predicted octanol–water partition coefficient (Wildman–Crippen LogP) is 2.95. The smallest absolute Gasteiger partial charge is 0.335 e. The maximum Gasteiger partial charge on any atom is 0.335 e. The Bertz CT molecular complexity index is 828. The van der Waals surface area contributed by atoms with E-state index >= 15 is 0 Å². The van der Waals surface area contributed by atoms with Gasteiger partial charge >= 0.3 is 5.97 Å². The molecule has 1 aliphatic heterocycles. The van der Waals surface area contributed by atoms with Crippen LogP contribution in [0.5, 0.6) is 0 Å². The highest BCUT2D eigenvalue weighted by Gasteiger charge is 2.27. The normalized spacial score (nSPS) is 15.1. The second-order valence-corrected chi connectivity index (χ2v) is 6.79. The molecule has 8 heteroatoms. The number of carboxylic acids is 1. The molecule has 1 saturated heterocycles. The van der Waals surface area contributed by atoms with Gasteiger partial charge in [0.05, 0.1) is 11.1 Å². The first-order valence-electron chi connectivity index (χ1n) is 9.11. The van der Waals surface area contributed by atoms with Gasteiger partial charge in [0, 0.05) is 25.9 Å². The summed E-state index contributed by atoms with van der Waals surface area (Å²) in [5, 5.41) is 12.8. The monoisotopic (exact) mass is 375 g/mol. The van der Waals surface area contributed by atoms with E-state index in [1.807, 2.05) is 0 Å². The van der Waals surface area contributed by atoms with Gasteiger partial charge in [-0.15, -0.1) is 0 Å². The zero-order chi connectivity index (χ0) is 19.4. The van der Waals surface area contributed by atoms with Crippen molar-refractivity contribution in [3.05, 3.63) is 46.9 Å². The average molecular weight is 375 g/mol. The van der Waals surface area contributed by atoms with E-state index in [-0.39, 0.29) is 11.1 Å². The van der Waals surface area contributed by atoms with Gasteiger partial charge in [-0.2, -0.15) is 4.98 Å². The largest absolute Gasteiger partial charge is 0.478 e. The number of benzene rings is 1. The second-order valence-electron chi connectivity index (χ2n) is 6.79. The highest BCUT2D eigenvalue weighted by molar-refractivity contribution is 5.96. The summed E-state index contributed by atoms with van der Waals surface area (Å²) < 4.78 is 19.4. The molecule has 1 amide bonds. The molecule has 0 saturated carbocycles. The number of hydrogen-bond acceptors (Lipinski definition) is 5. The zero-order valence-corrected chi connectivity index (χ0v) is 15.2. The number of amides is 1. The highest BCUT2D eigenvalue weighted by Crippen LogP contribution is 2.23. The van der Waals surface area contributed by atoms with Crippen LogP contribution in [0.1, 0.15) is 58.6 Å². The van der Waals surface area contributed by atoms with Gasteiger partial charge in [0.25, 0.3) is 5.91 Å². The molecule has 144 valence electrons. The van der Waals surface area contributed by atoms with Gasteiger partial charge in [-0.05, 0) is 43.4 Å². The Morgan fingerprint density at radius 3 is 2.70 bits per heavy atom. The van der Waals surface area contributed by atoms with Crippen molar-refractivity contribution in [2.24, 2.45) is 5.92 Å². The quantitative estimate of drug-likeness (QED) is 0.834. The molecule has 1 N–H and O–H groups in total. The number of hydrogen-bond donors (Lipinski definition) is 1. The van der Waals surface area contributed by atoms with Crippen molar-refractivity contribution in [2.45, 2.75) is 39.0 Å². The first-order valence-corrected chi connectivity index (χ1v) is 9.11. The highest BCUT2D eigenvalue weighted by atomic mass is 19.1. The van der Waals surface area contributed by atoms with E-state index in [0.717, 1.165) is 37.6 Å². The van der Waals surface area contributed by atoms with Crippen molar-refractivity contribution in [3.63, 3.8) is 0 Å². The summed E-state index contributed by atoms with van der Waals surface area (Å²) in [4.78, 5) is 29.4. The lowest BCUT2D eigenvalue weighted by molar-refractivity contribution is 0.0672. The van der Waals surface area contributed by atoms with Gasteiger partial charge < -0.3 is 14.5 Å². The van der Waals surface area contributed by atoms with E-state index in [1.54, 1.807) is 4.90 Å². The number of carbonyl (C=O) groups is 2. The lowest BCUT2D eigenvalue weighted by Gasteiger charge is -2.31. The third-order valence-corrected chi connectivity index (χ3v) is 4.80. The van der Waals surface area contributed by atoms with Crippen LogP contribution in [0.2, 0.25) is 0 Å². The molecule has 2 heterocycles. The van der Waals surface area contributed by atoms with Crippen LogP contribution in [0.15, 0.2) is 22.7 Å². The standard InChI is InChI=1S/C19H22FN3O4/c1-2-3-16-21-17(27-22-16)10-12-6-8-23(9-7-12)18(24)14-5-4-13(19(25)26)11-15(14)20/h4-5,11-12H,2-3,6-10H2,1H3,(H,25,26). The molecule has 0 atom stereocenters. The molecule has 1 aliphatic rings. The van der Waals surface area contributed by atoms with Crippen LogP contribution in [0.25, 0.3) is 0 Å². The Hall–Kier alpha value is -2.77. The van der Waals surface area contributed by atoms with Crippen molar-refractivity contribution in [1.29, 1.82) is 0 Å². The molecule has 1 aromatic heterocycles. The van der Waals surface area contributed by atoms with Crippen LogP contribution in [-0.4, -0.2) is 45.1 Å². The summed E-state index contributed by atoms with van der Waals surface area (Å²) in [5.74, 6) is -0.763. The van der Waals surface area contributed by atoms with Crippen molar-refractivity contribution in [1.82, 2.24) is 15.0 Å². The summed E-state index contributed by atoms with van der Waals surface area (Å²) in [6.07, 6.45) is 3.98. The van der Waals surface area contributed by atoms with Gasteiger partial charge in [0.15, 0.2) is 5.82 Å². The number of rotatable bonds is 6. The fourth-order valence-corrected chi connectivity index (χ4v) is 3.28. The fourth-order valence-electron chi connectivity index (χ4n) is 3.28. The number of aromatic nitrogens is 2. The average Bonchev–Trinajstić information content (AvgIpc) is 3.09. The molecule has 0 spiro atoms. The summed E-state index contributed by atoms with van der Waals surface area (Å²) in [6, 6.07) is 3.36. The van der Waals surface area contributed by atoms with Crippen LogP contribution in [-0.2, 0) is 12.8 Å². The van der Waals surface area contributed by atoms with E-state index in [9.17, 15) is 14.0 Å². The van der Waals surface area contributed by atoms with Crippen LogP contribution in [0.4, 0.5) is 4.39 Å². The third-order valence-electron chi connectivity index (χ3n) is 4.80. The van der Waals surface area contributed by atoms with Crippen LogP contribution >= 0.6 is 0 Å². The van der Waals surface area contributed by atoms with Gasteiger partial charge in [-0.25, -0.2) is 9.18 Å². The Balaban J connectivity index is 1.56. The lowest BCUT2D eigenvalue weighted by atomic mass is 9.93. The van der Waals surface area contributed by atoms with E-state index < -0.39 is 17.7 Å². The number of nitrogens with zero attached hydrogens (tertiary/aromatic N) is 3. The number of aryl methyl sites for hydroxylation is 1. The number of aromatic carboxylic acids is 1. The zero-order valence-electron chi connectivity index (χ0n) is 15.2. The van der Waals surface area contributed by atoms with Crippen LogP contribution in [0.3, 0.4) is 0 Å². The molecule has 0 bridgehead atoms. The molecule has 0 radical (unpaired) electrons. The van der Waals surface area contributed by atoms with Crippen molar-refractivity contribution in [3.8, 4) is 0 Å². The first-order chi connectivity index (χ1) is 13.0. The minimum atomic E-state index is -1.23. The topological polar surface area (TPSA) is 96.5 Å². The van der Waals surface area contributed by atoms with E-state index in [1.165, 1.54) is 12.1 Å². The number of halogens is 1. The first kappa shape index (κ1) is 19.0. The molecule has 2 aromatic rings. The van der Waals surface area contributed by atoms with Gasteiger partial charge in [-0.3, -0.25) is 4.79 Å². The van der Waals surface area contributed by atoms with E-state index in [4.69, 9.17) is 9.63 Å². The number of likely N-dealkylation sites (tertiary alicyclic amines) is 1. The Kier molecular flexibility index (Phi) is 5.83. The van der Waals surface area contributed by atoms with E-state index in [0.29, 0.717) is 31.3 Å². The Labute approximate surface area is 156 Å². The number of carbonyl (C=O) groups excluding carboxylic acids is 1. The SMILES string of the molecule is CCCc1noc(CC2CCN(C(=O)c3ccc(C(=O)O)cc3F)CC2)n1. The molecule has 3 rings (SSSR count). The van der Waals surface area contributed by atoms with Gasteiger partial charge in [0.2, 0.25) is 5.89 Å². The molecule has 0 aliphatic carbocycles. The lowest BCUT2D eigenvalue weighted by Crippen LogP contribution is -2.39. The van der Waals surface area contributed by atoms with Crippen LogP contribution < -0.4 is 0 Å². The van der Waals surface area contributed by atoms with Gasteiger partial charge in [-0.1, -0.05) is 12.1 Å². The van der Waals surface area contributed by atoms with Crippen LogP contribution in [0, 0.1) is 11.7 Å². The Morgan fingerprint density at radius 1 is 1.33 bits per heavy atom. The van der Waals surface area contributed by atoms with E-state index in [2.05, 4.69) is 17.1 Å². The van der Waals surface area contributed by atoms with Crippen molar-refractivity contribution in [2.75, 3.05) is 13.1 Å². The molecular weight excluding hydrogens is 353 g/mol. The summed E-state index contributed by atoms with van der Waals surface area (Å²) >= 11 is 0. The second kappa shape index (κ2) is 8.28. The van der Waals surface area contributed by atoms with Crippen molar-refractivity contribution >= 4 is 11.9 Å². The predicted molar refractivity (Wildman–Crippen MR) is 94.0 cm³/mol. The third kappa shape index (κ3) is 4.50. The van der Waals surface area contributed by atoms with Crippen molar-refractivity contribution < 1.29 is 23.6 Å². The number of piperidine rings is 1. The maximum atomic E-state index is 14.1.